The minimum atomic E-state index is -4.53. The Labute approximate surface area is 152 Å². The van der Waals surface area contributed by atoms with E-state index in [0.29, 0.717) is 17.1 Å². The monoisotopic (exact) mass is 385 g/mol. The predicted octanol–water partition coefficient (Wildman–Crippen LogP) is 5.00. The van der Waals surface area contributed by atoms with Gasteiger partial charge in [-0.1, -0.05) is 17.7 Å². The molecule has 1 N–H and O–H groups in total. The lowest BCUT2D eigenvalue weighted by molar-refractivity contribution is -0.137. The van der Waals surface area contributed by atoms with Crippen LogP contribution in [0.5, 0.6) is 11.5 Å². The second kappa shape index (κ2) is 6.39. The molecule has 0 saturated heterocycles. The molecule has 1 aliphatic heterocycles. The van der Waals surface area contributed by atoms with E-state index in [9.17, 15) is 18.0 Å². The Morgan fingerprint density at radius 2 is 1.69 bits per heavy atom. The maximum absolute atomic E-state index is 12.9. The van der Waals surface area contributed by atoms with Crippen LogP contribution in [0.1, 0.15) is 25.0 Å². The van der Waals surface area contributed by atoms with Crippen LogP contribution in [-0.2, 0) is 16.4 Å². The van der Waals surface area contributed by atoms with Gasteiger partial charge in [0.05, 0.1) is 21.7 Å². The van der Waals surface area contributed by atoms with Crippen LogP contribution in [0.25, 0.3) is 0 Å². The van der Waals surface area contributed by atoms with E-state index in [2.05, 4.69) is 5.32 Å². The van der Waals surface area contributed by atoms with Gasteiger partial charge in [0.15, 0.2) is 11.5 Å². The molecular formula is C18H15ClF3NO3. The topological polar surface area (TPSA) is 47.6 Å². The van der Waals surface area contributed by atoms with Crippen molar-refractivity contribution in [2.24, 2.45) is 0 Å². The van der Waals surface area contributed by atoms with Crippen LogP contribution < -0.4 is 14.8 Å². The third-order valence-corrected chi connectivity index (χ3v) is 4.53. The summed E-state index contributed by atoms with van der Waals surface area (Å²) in [5, 5.41) is 2.51. The number of amides is 1. The summed E-state index contributed by atoms with van der Waals surface area (Å²) >= 11 is 5.94. The van der Waals surface area contributed by atoms with Crippen molar-refractivity contribution in [3.63, 3.8) is 0 Å². The van der Waals surface area contributed by atoms with E-state index >= 15 is 0 Å². The molecule has 4 nitrogen and oxygen atoms in total. The number of carbonyl (C=O) groups excluding carboxylic acids is 1. The fraction of sp³-hybridized carbons (Fsp3) is 0.278. The lowest BCUT2D eigenvalue weighted by Crippen LogP contribution is -2.34. The largest absolute Gasteiger partial charge is 0.454 e. The zero-order valence-electron chi connectivity index (χ0n) is 13.9. The van der Waals surface area contributed by atoms with Gasteiger partial charge in [-0.2, -0.15) is 13.2 Å². The second-order valence-electron chi connectivity index (χ2n) is 6.34. The van der Waals surface area contributed by atoms with Gasteiger partial charge < -0.3 is 14.8 Å². The highest BCUT2D eigenvalue weighted by atomic mass is 35.5. The molecule has 0 spiro atoms. The summed E-state index contributed by atoms with van der Waals surface area (Å²) in [6, 6.07) is 7.85. The van der Waals surface area contributed by atoms with Gasteiger partial charge in [0.1, 0.15) is 0 Å². The Hall–Kier alpha value is -2.41. The van der Waals surface area contributed by atoms with Gasteiger partial charge in [0.25, 0.3) is 0 Å². The van der Waals surface area contributed by atoms with Gasteiger partial charge in [-0.05, 0) is 49.7 Å². The first-order chi connectivity index (χ1) is 12.1. The second-order valence-corrected chi connectivity index (χ2v) is 6.75. The Balaban J connectivity index is 1.87. The van der Waals surface area contributed by atoms with E-state index in [1.807, 2.05) is 0 Å². The van der Waals surface area contributed by atoms with Crippen LogP contribution in [0.3, 0.4) is 0 Å². The molecule has 1 aliphatic rings. The molecule has 0 atom stereocenters. The van der Waals surface area contributed by atoms with Gasteiger partial charge in [0, 0.05) is 0 Å². The lowest BCUT2D eigenvalue weighted by Gasteiger charge is -2.25. The predicted molar refractivity (Wildman–Crippen MR) is 90.7 cm³/mol. The molecule has 0 aromatic heterocycles. The molecule has 0 saturated carbocycles. The summed E-state index contributed by atoms with van der Waals surface area (Å²) in [6.07, 6.45) is -4.53. The van der Waals surface area contributed by atoms with E-state index in [1.165, 1.54) is 0 Å². The minimum Gasteiger partial charge on any atom is -0.454 e. The zero-order valence-corrected chi connectivity index (χ0v) is 14.7. The Morgan fingerprint density at radius 3 is 2.38 bits per heavy atom. The summed E-state index contributed by atoms with van der Waals surface area (Å²) in [5.74, 6) is 0.587. The van der Waals surface area contributed by atoms with Crippen LogP contribution in [0.15, 0.2) is 36.4 Å². The molecule has 0 aliphatic carbocycles. The number of hydrogen-bond donors (Lipinski definition) is 1. The van der Waals surface area contributed by atoms with Crippen LogP contribution in [0, 0.1) is 0 Å². The summed E-state index contributed by atoms with van der Waals surface area (Å²) in [5.41, 5.74) is -1.40. The Morgan fingerprint density at radius 1 is 1.04 bits per heavy atom. The third kappa shape index (κ3) is 3.44. The van der Waals surface area contributed by atoms with Crippen molar-refractivity contribution in [3.05, 3.63) is 52.5 Å². The standard InChI is InChI=1S/C18H15ClF3NO3/c1-17(2,10-4-6-14-15(8-10)26-9-25-14)16(24)23-13-7-11(18(20,21)22)3-5-12(13)19/h3-8H,9H2,1-2H3,(H,23,24). The molecule has 0 unspecified atom stereocenters. The molecule has 2 aromatic rings. The molecule has 26 heavy (non-hydrogen) atoms. The number of hydrogen-bond acceptors (Lipinski definition) is 3. The van der Waals surface area contributed by atoms with Crippen LogP contribution in [-0.4, -0.2) is 12.7 Å². The fourth-order valence-electron chi connectivity index (χ4n) is 2.49. The van der Waals surface area contributed by atoms with Crippen molar-refractivity contribution >= 4 is 23.2 Å². The molecular weight excluding hydrogens is 371 g/mol. The van der Waals surface area contributed by atoms with Gasteiger partial charge in [0.2, 0.25) is 12.7 Å². The van der Waals surface area contributed by atoms with Crippen LogP contribution in [0.4, 0.5) is 18.9 Å². The first-order valence-corrected chi connectivity index (χ1v) is 8.05. The highest BCUT2D eigenvalue weighted by Crippen LogP contribution is 2.38. The number of carbonyl (C=O) groups is 1. The van der Waals surface area contributed by atoms with E-state index in [4.69, 9.17) is 21.1 Å². The fourth-order valence-corrected chi connectivity index (χ4v) is 2.66. The molecule has 0 radical (unpaired) electrons. The minimum absolute atomic E-state index is 0.0211. The van der Waals surface area contributed by atoms with Gasteiger partial charge in [-0.3, -0.25) is 4.79 Å². The zero-order chi connectivity index (χ0) is 19.1. The van der Waals surface area contributed by atoms with Crippen LogP contribution >= 0.6 is 11.6 Å². The van der Waals surface area contributed by atoms with Crippen LogP contribution in [0.2, 0.25) is 5.02 Å². The van der Waals surface area contributed by atoms with E-state index in [-0.39, 0.29) is 17.5 Å². The summed E-state index contributed by atoms with van der Waals surface area (Å²) in [7, 11) is 0. The molecule has 0 fully saturated rings. The molecule has 138 valence electrons. The molecule has 2 aromatic carbocycles. The quantitative estimate of drug-likeness (QED) is 0.808. The number of rotatable bonds is 3. The summed E-state index contributed by atoms with van der Waals surface area (Å²) < 4.78 is 49.2. The first kappa shape index (κ1) is 18.4. The van der Waals surface area contributed by atoms with Crippen molar-refractivity contribution in [1.29, 1.82) is 0 Å². The van der Waals surface area contributed by atoms with E-state index < -0.39 is 23.1 Å². The van der Waals surface area contributed by atoms with E-state index in [0.717, 1.165) is 18.2 Å². The highest BCUT2D eigenvalue weighted by molar-refractivity contribution is 6.33. The van der Waals surface area contributed by atoms with Crippen molar-refractivity contribution in [2.45, 2.75) is 25.4 Å². The van der Waals surface area contributed by atoms with Crippen molar-refractivity contribution in [3.8, 4) is 11.5 Å². The maximum atomic E-state index is 12.9. The number of benzene rings is 2. The lowest BCUT2D eigenvalue weighted by atomic mass is 9.83. The number of nitrogens with one attached hydrogen (secondary N) is 1. The SMILES string of the molecule is CC(C)(C(=O)Nc1cc(C(F)(F)F)ccc1Cl)c1ccc2c(c1)OCO2. The Bertz CT molecular complexity index is 865. The normalized spacial score (nSPS) is 13.6. The molecule has 0 bridgehead atoms. The number of anilines is 1. The van der Waals surface area contributed by atoms with Crippen molar-refractivity contribution in [1.82, 2.24) is 0 Å². The smallest absolute Gasteiger partial charge is 0.416 e. The number of alkyl halides is 3. The average Bonchev–Trinajstić information content (AvgIpc) is 3.03. The number of ether oxygens (including phenoxy) is 2. The molecule has 3 rings (SSSR count). The van der Waals surface area contributed by atoms with Gasteiger partial charge in [-0.15, -0.1) is 0 Å². The van der Waals surface area contributed by atoms with Crippen molar-refractivity contribution < 1.29 is 27.4 Å². The number of halogens is 4. The first-order valence-electron chi connectivity index (χ1n) is 7.67. The van der Waals surface area contributed by atoms with Gasteiger partial charge >= 0.3 is 6.18 Å². The summed E-state index contributed by atoms with van der Waals surface area (Å²) in [4.78, 5) is 12.7. The van der Waals surface area contributed by atoms with Gasteiger partial charge in [-0.25, -0.2) is 0 Å². The Kier molecular flexibility index (Phi) is 4.52. The number of fused-ring (bicyclic) bond motifs is 1. The maximum Gasteiger partial charge on any atom is 0.416 e. The molecule has 1 amide bonds. The highest BCUT2D eigenvalue weighted by Gasteiger charge is 2.34. The molecule has 8 heteroatoms. The third-order valence-electron chi connectivity index (χ3n) is 4.20. The molecule has 1 heterocycles. The average molecular weight is 386 g/mol. The summed E-state index contributed by atoms with van der Waals surface area (Å²) in [6.45, 7) is 3.41. The van der Waals surface area contributed by atoms with E-state index in [1.54, 1.807) is 32.0 Å². The van der Waals surface area contributed by atoms with Crippen molar-refractivity contribution in [2.75, 3.05) is 12.1 Å².